The van der Waals surface area contributed by atoms with E-state index >= 15 is 0 Å². The number of halogens is 1. The van der Waals surface area contributed by atoms with Gasteiger partial charge < -0.3 is 0 Å². The fraction of sp³-hybridized carbons (Fsp3) is 0.0455. The number of thioether (sulfide) groups is 1. The average Bonchev–Trinajstić information content (AvgIpc) is 3.30. The number of fused-ring (bicyclic) bond motifs is 2. The second-order valence-corrected chi connectivity index (χ2v) is 9.57. The molecule has 0 N–H and O–H groups in total. The maximum absolute atomic E-state index is 12.9. The predicted octanol–water partition coefficient (Wildman–Crippen LogP) is 5.95. The molecule has 3 aromatic carbocycles. The zero-order valence-electron chi connectivity index (χ0n) is 16.1. The van der Waals surface area contributed by atoms with Gasteiger partial charge in [-0.25, -0.2) is 9.88 Å². The molecule has 2 heterocycles. The van der Waals surface area contributed by atoms with Crippen LogP contribution in [0.2, 0.25) is 5.02 Å². The lowest BCUT2D eigenvalue weighted by atomic mass is 10.1. The Bertz CT molecular complexity index is 1440. The highest BCUT2D eigenvalue weighted by atomic mass is 35.5. The molecule has 5 rings (SSSR count). The average molecular weight is 482 g/mol. The third kappa shape index (κ3) is 3.44. The van der Waals surface area contributed by atoms with E-state index in [1.807, 2.05) is 24.3 Å². The number of amides is 2. The summed E-state index contributed by atoms with van der Waals surface area (Å²) in [5.74, 6) is -0.616. The van der Waals surface area contributed by atoms with Crippen LogP contribution in [0.1, 0.15) is 26.3 Å². The molecule has 1 aliphatic heterocycles. The van der Waals surface area contributed by atoms with E-state index in [4.69, 9.17) is 11.6 Å². The summed E-state index contributed by atoms with van der Waals surface area (Å²) < 4.78 is 1.63. The first-order valence-corrected chi connectivity index (χ1v) is 11.5. The van der Waals surface area contributed by atoms with E-state index in [2.05, 4.69) is 4.98 Å². The highest BCUT2D eigenvalue weighted by molar-refractivity contribution is 8.00. The molecule has 0 unspecified atom stereocenters. The second-order valence-electron chi connectivity index (χ2n) is 6.91. The van der Waals surface area contributed by atoms with Crippen molar-refractivity contribution in [2.24, 2.45) is 0 Å². The van der Waals surface area contributed by atoms with E-state index < -0.39 is 16.7 Å². The number of benzene rings is 3. The third-order valence-electron chi connectivity index (χ3n) is 5.01. The molecular formula is C22H12ClN3O4S2. The van der Waals surface area contributed by atoms with E-state index in [-0.39, 0.29) is 16.8 Å². The van der Waals surface area contributed by atoms with Crippen LogP contribution in [0.25, 0.3) is 10.2 Å². The summed E-state index contributed by atoms with van der Waals surface area (Å²) in [4.78, 5) is 42.1. The van der Waals surface area contributed by atoms with E-state index in [9.17, 15) is 19.7 Å². The van der Waals surface area contributed by atoms with Gasteiger partial charge in [-0.1, -0.05) is 47.6 Å². The summed E-state index contributed by atoms with van der Waals surface area (Å²) in [6.07, 6.45) is 0. The van der Waals surface area contributed by atoms with Crippen LogP contribution in [0, 0.1) is 10.1 Å². The SMILES string of the molecule is O=C1c2cccc([N+](=O)[O-])c2C(=O)N1c1ccc2nc(SCc3ccccc3Cl)sc2c1. The van der Waals surface area contributed by atoms with E-state index in [0.717, 1.165) is 25.0 Å². The highest BCUT2D eigenvalue weighted by Gasteiger charge is 2.41. The highest BCUT2D eigenvalue weighted by Crippen LogP contribution is 2.38. The van der Waals surface area contributed by atoms with E-state index in [0.29, 0.717) is 16.5 Å². The molecule has 0 atom stereocenters. The largest absolute Gasteiger partial charge is 0.283 e. The van der Waals surface area contributed by atoms with Crippen molar-refractivity contribution in [3.8, 4) is 0 Å². The number of nitro groups is 1. The van der Waals surface area contributed by atoms with Crippen molar-refractivity contribution in [1.29, 1.82) is 0 Å². The number of aromatic nitrogens is 1. The Morgan fingerprint density at radius 3 is 2.66 bits per heavy atom. The van der Waals surface area contributed by atoms with Crippen LogP contribution in [-0.4, -0.2) is 21.7 Å². The number of thiazole rings is 1. The Morgan fingerprint density at radius 1 is 1.06 bits per heavy atom. The maximum atomic E-state index is 12.9. The molecule has 0 bridgehead atoms. The molecule has 1 aromatic heterocycles. The summed E-state index contributed by atoms with van der Waals surface area (Å²) in [6.45, 7) is 0. The van der Waals surface area contributed by atoms with Crippen LogP contribution < -0.4 is 4.90 Å². The summed E-state index contributed by atoms with van der Waals surface area (Å²) in [5.41, 5.74) is 1.58. The Kier molecular flexibility index (Phi) is 5.16. The Labute approximate surface area is 194 Å². The van der Waals surface area contributed by atoms with Gasteiger partial charge in [0.15, 0.2) is 4.34 Å². The molecule has 0 radical (unpaired) electrons. The number of imide groups is 1. The predicted molar refractivity (Wildman–Crippen MR) is 125 cm³/mol. The van der Waals surface area contributed by atoms with Crippen LogP contribution in [-0.2, 0) is 5.75 Å². The lowest BCUT2D eigenvalue weighted by molar-refractivity contribution is -0.385. The molecule has 2 amide bonds. The van der Waals surface area contributed by atoms with Crippen molar-refractivity contribution in [2.75, 3.05) is 4.90 Å². The molecular weight excluding hydrogens is 470 g/mol. The summed E-state index contributed by atoms with van der Waals surface area (Å²) in [5, 5.41) is 12.0. The molecule has 7 nitrogen and oxygen atoms in total. The Balaban J connectivity index is 1.45. The van der Waals surface area contributed by atoms with Gasteiger partial charge in [-0.15, -0.1) is 11.3 Å². The van der Waals surface area contributed by atoms with Gasteiger partial charge in [-0.3, -0.25) is 19.7 Å². The van der Waals surface area contributed by atoms with Gasteiger partial charge in [0.2, 0.25) is 0 Å². The summed E-state index contributed by atoms with van der Waals surface area (Å²) in [6, 6.07) is 16.7. The minimum absolute atomic E-state index is 0.0320. The first-order chi connectivity index (χ1) is 15.4. The Morgan fingerprint density at radius 2 is 1.88 bits per heavy atom. The zero-order valence-corrected chi connectivity index (χ0v) is 18.5. The molecule has 0 spiro atoms. The van der Waals surface area contributed by atoms with E-state index in [1.165, 1.54) is 29.5 Å². The van der Waals surface area contributed by atoms with Gasteiger partial charge in [0.05, 0.1) is 26.4 Å². The van der Waals surface area contributed by atoms with E-state index in [1.54, 1.807) is 30.0 Å². The van der Waals surface area contributed by atoms with Crippen molar-refractivity contribution in [3.63, 3.8) is 0 Å². The third-order valence-corrected chi connectivity index (χ3v) is 7.59. The maximum Gasteiger partial charge on any atom is 0.283 e. The number of nitrogens with zero attached hydrogens (tertiary/aromatic N) is 3. The number of anilines is 1. The lowest BCUT2D eigenvalue weighted by Gasteiger charge is -2.13. The van der Waals surface area contributed by atoms with Gasteiger partial charge in [0.25, 0.3) is 17.5 Å². The van der Waals surface area contributed by atoms with Crippen LogP contribution in [0.4, 0.5) is 11.4 Å². The number of hydrogen-bond acceptors (Lipinski definition) is 7. The first-order valence-electron chi connectivity index (χ1n) is 9.37. The number of rotatable bonds is 5. The van der Waals surface area contributed by atoms with Crippen molar-refractivity contribution >= 4 is 68.1 Å². The minimum atomic E-state index is -0.700. The summed E-state index contributed by atoms with van der Waals surface area (Å²) in [7, 11) is 0. The molecule has 0 aliphatic carbocycles. The lowest BCUT2D eigenvalue weighted by Crippen LogP contribution is -2.29. The van der Waals surface area contributed by atoms with Gasteiger partial charge >= 0.3 is 0 Å². The molecule has 1 aliphatic rings. The van der Waals surface area contributed by atoms with Gasteiger partial charge in [-0.2, -0.15) is 0 Å². The monoisotopic (exact) mass is 481 g/mol. The van der Waals surface area contributed by atoms with Crippen molar-refractivity contribution in [3.05, 3.63) is 92.5 Å². The van der Waals surface area contributed by atoms with Crippen LogP contribution >= 0.6 is 34.7 Å². The fourth-order valence-electron chi connectivity index (χ4n) is 3.50. The molecule has 0 fully saturated rings. The van der Waals surface area contributed by atoms with Crippen molar-refractivity contribution < 1.29 is 14.5 Å². The number of carbonyl (C=O) groups is 2. The number of carbonyl (C=O) groups excluding carboxylic acids is 2. The fourth-order valence-corrected chi connectivity index (χ4v) is 5.89. The van der Waals surface area contributed by atoms with Gasteiger partial charge in [0, 0.05) is 16.8 Å². The second kappa shape index (κ2) is 8.01. The zero-order chi connectivity index (χ0) is 22.4. The standard InChI is InChI=1S/C22H12ClN3O4S2/c23-15-6-2-1-4-12(15)11-31-22-24-16-9-8-13(10-18(16)32-22)25-20(27)14-5-3-7-17(26(29)30)19(14)21(25)28/h1-10H,11H2. The van der Waals surface area contributed by atoms with Crippen LogP contribution in [0.15, 0.2) is 65.0 Å². The van der Waals surface area contributed by atoms with Crippen LogP contribution in [0.3, 0.4) is 0 Å². The first kappa shape index (κ1) is 20.6. The molecule has 32 heavy (non-hydrogen) atoms. The molecule has 158 valence electrons. The minimum Gasteiger partial charge on any atom is -0.268 e. The molecule has 4 aromatic rings. The number of hydrogen-bond donors (Lipinski definition) is 0. The number of nitro benzene ring substituents is 1. The van der Waals surface area contributed by atoms with Gasteiger partial charge in [0.1, 0.15) is 5.56 Å². The Hall–Kier alpha value is -3.27. The van der Waals surface area contributed by atoms with Crippen LogP contribution in [0.5, 0.6) is 0 Å². The smallest absolute Gasteiger partial charge is 0.268 e. The molecule has 10 heteroatoms. The van der Waals surface area contributed by atoms with Crippen molar-refractivity contribution in [1.82, 2.24) is 4.98 Å². The summed E-state index contributed by atoms with van der Waals surface area (Å²) >= 11 is 9.21. The topological polar surface area (TPSA) is 93.4 Å². The molecule has 0 saturated carbocycles. The molecule has 0 saturated heterocycles. The van der Waals surface area contributed by atoms with Crippen molar-refractivity contribution in [2.45, 2.75) is 10.1 Å². The quantitative estimate of drug-likeness (QED) is 0.151. The van der Waals surface area contributed by atoms with Gasteiger partial charge in [-0.05, 0) is 35.9 Å². The normalized spacial score (nSPS) is 13.1.